The molecule has 2 heteroatoms. The topological polar surface area (TPSA) is 18.5 Å². The van der Waals surface area contributed by atoms with Crippen molar-refractivity contribution in [3.8, 4) is 0 Å². The highest BCUT2D eigenvalue weighted by Crippen LogP contribution is 2.28. The third kappa shape index (κ3) is 4.10. The highest BCUT2D eigenvalue weighted by Gasteiger charge is 2.31. The highest BCUT2D eigenvalue weighted by molar-refractivity contribution is 4.81. The fourth-order valence-electron chi connectivity index (χ4n) is 1.94. The summed E-state index contributed by atoms with van der Waals surface area (Å²) in [5.41, 5.74) is 0.0962. The first-order valence-corrected chi connectivity index (χ1v) is 5.06. The van der Waals surface area contributed by atoms with E-state index in [9.17, 15) is 0 Å². The first-order chi connectivity index (χ1) is 5.95. The van der Waals surface area contributed by atoms with Crippen LogP contribution in [0.1, 0.15) is 34.6 Å². The molecule has 0 N–H and O–H groups in total. The van der Waals surface area contributed by atoms with Crippen molar-refractivity contribution < 1.29 is 9.47 Å². The van der Waals surface area contributed by atoms with Crippen molar-refractivity contribution >= 4 is 0 Å². The van der Waals surface area contributed by atoms with Gasteiger partial charge in [0.05, 0.1) is 12.7 Å². The summed E-state index contributed by atoms with van der Waals surface area (Å²) in [5, 5.41) is 0. The van der Waals surface area contributed by atoms with Gasteiger partial charge >= 0.3 is 0 Å². The van der Waals surface area contributed by atoms with Crippen molar-refractivity contribution in [3.63, 3.8) is 0 Å². The average Bonchev–Trinajstić information content (AvgIpc) is 2.01. The molecule has 0 fully saturated rings. The predicted molar refractivity (Wildman–Crippen MR) is 55.9 cm³/mol. The SMILES string of the molecule is CCOCC(C)(C)C(OC)C(C)C. The monoisotopic (exact) mass is 188 g/mol. The molecule has 0 heterocycles. The van der Waals surface area contributed by atoms with Crippen LogP contribution in [0.25, 0.3) is 0 Å². The molecule has 2 nitrogen and oxygen atoms in total. The van der Waals surface area contributed by atoms with Crippen molar-refractivity contribution in [2.45, 2.75) is 40.7 Å². The third-order valence-electron chi connectivity index (χ3n) is 2.31. The molecule has 0 aromatic heterocycles. The van der Waals surface area contributed by atoms with Gasteiger partial charge in [-0.15, -0.1) is 0 Å². The second-order valence-corrected chi connectivity index (χ2v) is 4.53. The molecule has 13 heavy (non-hydrogen) atoms. The lowest BCUT2D eigenvalue weighted by Crippen LogP contribution is -2.39. The Morgan fingerprint density at radius 2 is 1.77 bits per heavy atom. The normalized spacial score (nSPS) is 15.0. The molecular formula is C11H24O2. The molecule has 0 rings (SSSR count). The van der Waals surface area contributed by atoms with E-state index in [1.807, 2.05) is 6.92 Å². The molecule has 0 bridgehead atoms. The molecule has 0 saturated heterocycles. The van der Waals surface area contributed by atoms with E-state index in [1.54, 1.807) is 7.11 Å². The Bertz CT molecular complexity index is 130. The van der Waals surface area contributed by atoms with Gasteiger partial charge in [0.15, 0.2) is 0 Å². The molecule has 0 aromatic rings. The summed E-state index contributed by atoms with van der Waals surface area (Å²) in [4.78, 5) is 0. The Morgan fingerprint density at radius 1 is 1.23 bits per heavy atom. The second kappa shape index (κ2) is 5.61. The van der Waals surface area contributed by atoms with Crippen LogP contribution in [0.5, 0.6) is 0 Å². The largest absolute Gasteiger partial charge is 0.381 e. The van der Waals surface area contributed by atoms with Gasteiger partial charge in [0.25, 0.3) is 0 Å². The summed E-state index contributed by atoms with van der Waals surface area (Å²) in [7, 11) is 1.78. The van der Waals surface area contributed by atoms with Crippen LogP contribution in [0.4, 0.5) is 0 Å². The zero-order valence-corrected chi connectivity index (χ0v) is 9.89. The first-order valence-electron chi connectivity index (χ1n) is 5.06. The molecule has 0 spiro atoms. The Labute approximate surface area is 82.6 Å². The Balaban J connectivity index is 4.20. The fourth-order valence-corrected chi connectivity index (χ4v) is 1.94. The zero-order chi connectivity index (χ0) is 10.5. The van der Waals surface area contributed by atoms with Gasteiger partial charge in [-0.3, -0.25) is 0 Å². The van der Waals surface area contributed by atoms with Gasteiger partial charge < -0.3 is 9.47 Å². The van der Waals surface area contributed by atoms with Crippen LogP contribution >= 0.6 is 0 Å². The Kier molecular flexibility index (Phi) is 5.57. The summed E-state index contributed by atoms with van der Waals surface area (Å²) in [6.07, 6.45) is 0.263. The van der Waals surface area contributed by atoms with Crippen molar-refractivity contribution in [1.29, 1.82) is 0 Å². The van der Waals surface area contributed by atoms with E-state index in [-0.39, 0.29) is 11.5 Å². The third-order valence-corrected chi connectivity index (χ3v) is 2.31. The standard InChI is InChI=1S/C11H24O2/c1-7-13-8-11(4,5)10(12-6)9(2)3/h9-10H,7-8H2,1-6H3. The van der Waals surface area contributed by atoms with Gasteiger partial charge in [-0.25, -0.2) is 0 Å². The molecule has 0 amide bonds. The molecule has 1 unspecified atom stereocenters. The van der Waals surface area contributed by atoms with E-state index in [1.165, 1.54) is 0 Å². The molecule has 0 aliphatic rings. The highest BCUT2D eigenvalue weighted by atomic mass is 16.5. The van der Waals surface area contributed by atoms with E-state index in [0.717, 1.165) is 13.2 Å². The zero-order valence-electron chi connectivity index (χ0n) is 9.89. The minimum Gasteiger partial charge on any atom is -0.381 e. The van der Waals surface area contributed by atoms with Crippen molar-refractivity contribution in [3.05, 3.63) is 0 Å². The lowest BCUT2D eigenvalue weighted by atomic mass is 9.81. The van der Waals surface area contributed by atoms with Crippen LogP contribution in [0.3, 0.4) is 0 Å². The summed E-state index contributed by atoms with van der Waals surface area (Å²) in [6.45, 7) is 12.3. The average molecular weight is 188 g/mol. The van der Waals surface area contributed by atoms with Gasteiger partial charge in [-0.05, 0) is 12.8 Å². The summed E-state index contributed by atoms with van der Waals surface area (Å²) < 4.78 is 10.9. The Hall–Kier alpha value is -0.0800. The molecule has 0 aliphatic heterocycles. The number of hydrogen-bond donors (Lipinski definition) is 0. The van der Waals surface area contributed by atoms with Gasteiger partial charge in [-0.1, -0.05) is 27.7 Å². The van der Waals surface area contributed by atoms with Crippen molar-refractivity contribution in [1.82, 2.24) is 0 Å². The first kappa shape index (κ1) is 12.9. The molecular weight excluding hydrogens is 164 g/mol. The van der Waals surface area contributed by atoms with Crippen LogP contribution in [-0.4, -0.2) is 26.4 Å². The van der Waals surface area contributed by atoms with Gasteiger partial charge in [0, 0.05) is 19.1 Å². The molecule has 0 aromatic carbocycles. The maximum absolute atomic E-state index is 5.49. The molecule has 0 radical (unpaired) electrons. The minimum atomic E-state index is 0.0962. The number of methoxy groups -OCH3 is 1. The molecule has 1 atom stereocenters. The van der Waals surface area contributed by atoms with Crippen LogP contribution in [0.2, 0.25) is 0 Å². The van der Waals surface area contributed by atoms with E-state index in [2.05, 4.69) is 27.7 Å². The maximum Gasteiger partial charge on any atom is 0.0667 e. The number of ether oxygens (including phenoxy) is 2. The second-order valence-electron chi connectivity index (χ2n) is 4.53. The molecule has 0 aliphatic carbocycles. The van der Waals surface area contributed by atoms with Crippen LogP contribution < -0.4 is 0 Å². The van der Waals surface area contributed by atoms with Gasteiger partial charge in [0.2, 0.25) is 0 Å². The number of hydrogen-bond acceptors (Lipinski definition) is 2. The van der Waals surface area contributed by atoms with Crippen LogP contribution in [-0.2, 0) is 9.47 Å². The lowest BCUT2D eigenvalue weighted by molar-refractivity contribution is -0.0654. The quantitative estimate of drug-likeness (QED) is 0.638. The molecule has 0 saturated carbocycles. The van der Waals surface area contributed by atoms with Gasteiger partial charge in [-0.2, -0.15) is 0 Å². The summed E-state index contributed by atoms with van der Waals surface area (Å²) >= 11 is 0. The smallest absolute Gasteiger partial charge is 0.0667 e. The molecule has 80 valence electrons. The van der Waals surface area contributed by atoms with Crippen molar-refractivity contribution in [2.75, 3.05) is 20.3 Å². The van der Waals surface area contributed by atoms with E-state index in [4.69, 9.17) is 9.47 Å². The van der Waals surface area contributed by atoms with Crippen molar-refractivity contribution in [2.24, 2.45) is 11.3 Å². The van der Waals surface area contributed by atoms with E-state index >= 15 is 0 Å². The number of rotatable bonds is 6. The van der Waals surface area contributed by atoms with Gasteiger partial charge in [0.1, 0.15) is 0 Å². The maximum atomic E-state index is 5.49. The minimum absolute atomic E-state index is 0.0962. The van der Waals surface area contributed by atoms with Crippen LogP contribution in [0, 0.1) is 11.3 Å². The lowest BCUT2D eigenvalue weighted by Gasteiger charge is -2.35. The summed E-state index contributed by atoms with van der Waals surface area (Å²) in [5.74, 6) is 0.528. The Morgan fingerprint density at radius 3 is 2.08 bits per heavy atom. The predicted octanol–water partition coefficient (Wildman–Crippen LogP) is 2.72. The van der Waals surface area contributed by atoms with E-state index in [0.29, 0.717) is 5.92 Å². The fraction of sp³-hybridized carbons (Fsp3) is 1.00. The van der Waals surface area contributed by atoms with Crippen LogP contribution in [0.15, 0.2) is 0 Å². The summed E-state index contributed by atoms with van der Waals surface area (Å²) in [6, 6.07) is 0. The van der Waals surface area contributed by atoms with E-state index < -0.39 is 0 Å².